The Labute approximate surface area is 132 Å². The highest BCUT2D eigenvalue weighted by atomic mass is 79.9. The van der Waals surface area contributed by atoms with Gasteiger partial charge in [-0.1, -0.05) is 28.1 Å². The Bertz CT molecular complexity index is 775. The van der Waals surface area contributed by atoms with E-state index in [1.807, 2.05) is 30.3 Å². The van der Waals surface area contributed by atoms with E-state index < -0.39 is 10.0 Å². The van der Waals surface area contributed by atoms with Crippen LogP contribution in [-0.4, -0.2) is 15.0 Å². The van der Waals surface area contributed by atoms with E-state index in [-0.39, 0.29) is 6.54 Å². The summed E-state index contributed by atoms with van der Waals surface area (Å²) in [5.74, 6) is 0. The Balaban J connectivity index is 1.78. The fourth-order valence-electron chi connectivity index (χ4n) is 2.36. The Hall–Kier alpha value is -1.37. The molecular weight excluding hydrogens is 352 g/mol. The van der Waals surface area contributed by atoms with Crippen molar-refractivity contribution in [3.63, 3.8) is 0 Å². The van der Waals surface area contributed by atoms with Crippen LogP contribution >= 0.6 is 15.9 Å². The lowest BCUT2D eigenvalue weighted by atomic mass is 10.2. The lowest BCUT2D eigenvalue weighted by Crippen LogP contribution is -2.23. The first-order valence-corrected chi connectivity index (χ1v) is 8.93. The predicted molar refractivity (Wildman–Crippen MR) is 86.8 cm³/mol. The Morgan fingerprint density at radius 3 is 2.86 bits per heavy atom. The molecule has 2 aromatic rings. The fraction of sp³-hybridized carbons (Fsp3) is 0.200. The van der Waals surface area contributed by atoms with Gasteiger partial charge in [0, 0.05) is 23.2 Å². The van der Waals surface area contributed by atoms with Gasteiger partial charge in [-0.05, 0) is 47.9 Å². The maximum atomic E-state index is 12.3. The average molecular weight is 367 g/mol. The molecule has 0 radical (unpaired) electrons. The summed E-state index contributed by atoms with van der Waals surface area (Å²) in [5, 5.41) is 3.22. The average Bonchev–Trinajstić information content (AvgIpc) is 2.93. The first kappa shape index (κ1) is 14.6. The summed E-state index contributed by atoms with van der Waals surface area (Å²) in [4.78, 5) is 0.319. The van der Waals surface area contributed by atoms with Gasteiger partial charge in [0.05, 0.1) is 4.90 Å². The van der Waals surface area contributed by atoms with Crippen molar-refractivity contribution in [1.29, 1.82) is 0 Å². The highest BCUT2D eigenvalue weighted by Gasteiger charge is 2.17. The highest BCUT2D eigenvalue weighted by Crippen LogP contribution is 2.25. The number of benzene rings is 2. The molecule has 1 aliphatic rings. The van der Waals surface area contributed by atoms with E-state index in [1.165, 1.54) is 0 Å². The summed E-state index contributed by atoms with van der Waals surface area (Å²) in [7, 11) is -3.49. The van der Waals surface area contributed by atoms with Gasteiger partial charge in [0.25, 0.3) is 0 Å². The first-order chi connectivity index (χ1) is 10.0. The van der Waals surface area contributed by atoms with Crippen LogP contribution < -0.4 is 10.0 Å². The van der Waals surface area contributed by atoms with Gasteiger partial charge in [-0.3, -0.25) is 0 Å². The van der Waals surface area contributed by atoms with E-state index in [9.17, 15) is 8.42 Å². The van der Waals surface area contributed by atoms with Crippen molar-refractivity contribution in [2.45, 2.75) is 17.9 Å². The van der Waals surface area contributed by atoms with Crippen molar-refractivity contribution in [3.8, 4) is 0 Å². The van der Waals surface area contributed by atoms with E-state index in [4.69, 9.17) is 0 Å². The van der Waals surface area contributed by atoms with Crippen LogP contribution in [0.2, 0.25) is 0 Å². The minimum absolute atomic E-state index is 0.275. The first-order valence-electron chi connectivity index (χ1n) is 6.65. The molecule has 0 spiro atoms. The standard InChI is InChI=1S/C15H15BrN2O2S/c16-13-3-1-2-11(8-13)10-18-21(19,20)14-4-5-15-12(9-14)6-7-17-15/h1-5,8-9,17-18H,6-7,10H2. The summed E-state index contributed by atoms with van der Waals surface area (Å²) >= 11 is 3.38. The van der Waals surface area contributed by atoms with Crippen molar-refractivity contribution in [2.24, 2.45) is 0 Å². The van der Waals surface area contributed by atoms with Gasteiger partial charge in [0.2, 0.25) is 10.0 Å². The molecule has 0 saturated carbocycles. The van der Waals surface area contributed by atoms with Crippen molar-refractivity contribution >= 4 is 31.6 Å². The van der Waals surface area contributed by atoms with Gasteiger partial charge >= 0.3 is 0 Å². The molecule has 0 amide bonds. The lowest BCUT2D eigenvalue weighted by molar-refractivity contribution is 0.581. The third-order valence-electron chi connectivity index (χ3n) is 3.45. The highest BCUT2D eigenvalue weighted by molar-refractivity contribution is 9.10. The molecule has 1 aliphatic heterocycles. The molecule has 1 heterocycles. The van der Waals surface area contributed by atoms with Crippen molar-refractivity contribution in [3.05, 3.63) is 58.1 Å². The van der Waals surface area contributed by atoms with Crippen LogP contribution in [0.3, 0.4) is 0 Å². The molecule has 21 heavy (non-hydrogen) atoms. The summed E-state index contributed by atoms with van der Waals surface area (Å²) in [6.45, 7) is 1.14. The molecule has 0 bridgehead atoms. The van der Waals surface area contributed by atoms with Crippen LogP contribution in [0.15, 0.2) is 51.8 Å². The van der Waals surface area contributed by atoms with E-state index in [0.717, 1.165) is 34.3 Å². The second kappa shape index (κ2) is 5.79. The number of hydrogen-bond acceptors (Lipinski definition) is 3. The van der Waals surface area contributed by atoms with Crippen LogP contribution in [0.1, 0.15) is 11.1 Å². The summed E-state index contributed by atoms with van der Waals surface area (Å²) in [6.07, 6.45) is 0.865. The molecule has 4 nitrogen and oxygen atoms in total. The number of fused-ring (bicyclic) bond motifs is 1. The molecule has 3 rings (SSSR count). The normalized spacial score (nSPS) is 13.8. The second-order valence-corrected chi connectivity index (χ2v) is 7.63. The molecule has 0 aromatic heterocycles. The third-order valence-corrected chi connectivity index (χ3v) is 5.34. The number of sulfonamides is 1. The minimum Gasteiger partial charge on any atom is -0.384 e. The van der Waals surface area contributed by atoms with Crippen molar-refractivity contribution in [1.82, 2.24) is 4.72 Å². The number of nitrogens with one attached hydrogen (secondary N) is 2. The molecule has 2 aromatic carbocycles. The smallest absolute Gasteiger partial charge is 0.240 e. The maximum Gasteiger partial charge on any atom is 0.240 e. The van der Waals surface area contributed by atoms with Gasteiger partial charge in [0.1, 0.15) is 0 Å². The zero-order chi connectivity index (χ0) is 14.9. The second-order valence-electron chi connectivity index (χ2n) is 4.95. The number of rotatable bonds is 4. The molecule has 0 atom stereocenters. The summed E-state index contributed by atoms with van der Waals surface area (Å²) in [5.41, 5.74) is 3.00. The summed E-state index contributed by atoms with van der Waals surface area (Å²) in [6, 6.07) is 12.8. The third kappa shape index (κ3) is 3.28. The molecule has 0 unspecified atom stereocenters. The van der Waals surface area contributed by atoms with E-state index in [1.54, 1.807) is 12.1 Å². The Morgan fingerprint density at radius 1 is 1.19 bits per heavy atom. The quantitative estimate of drug-likeness (QED) is 0.874. The number of halogens is 1. The fourth-order valence-corrected chi connectivity index (χ4v) is 3.87. The number of hydrogen-bond donors (Lipinski definition) is 2. The molecule has 2 N–H and O–H groups in total. The zero-order valence-electron chi connectivity index (χ0n) is 11.3. The van der Waals surface area contributed by atoms with Gasteiger partial charge in [-0.2, -0.15) is 0 Å². The maximum absolute atomic E-state index is 12.3. The largest absolute Gasteiger partial charge is 0.384 e. The number of anilines is 1. The topological polar surface area (TPSA) is 58.2 Å². The molecule has 0 saturated heterocycles. The van der Waals surface area contributed by atoms with Gasteiger partial charge in [-0.25, -0.2) is 13.1 Å². The molecular formula is C15H15BrN2O2S. The SMILES string of the molecule is O=S(=O)(NCc1cccc(Br)c1)c1ccc2c(c1)CCN2. The van der Waals surface area contributed by atoms with Gasteiger partial charge < -0.3 is 5.32 Å². The predicted octanol–water partition coefficient (Wildman–Crippen LogP) is 2.90. The van der Waals surface area contributed by atoms with Crippen LogP contribution in [0, 0.1) is 0 Å². The van der Waals surface area contributed by atoms with Crippen molar-refractivity contribution in [2.75, 3.05) is 11.9 Å². The Kier molecular flexibility index (Phi) is 4.01. The van der Waals surface area contributed by atoms with E-state index in [0.29, 0.717) is 4.90 Å². The van der Waals surface area contributed by atoms with Crippen LogP contribution in [-0.2, 0) is 23.0 Å². The summed E-state index contributed by atoms with van der Waals surface area (Å²) < 4.78 is 28.3. The zero-order valence-corrected chi connectivity index (χ0v) is 13.7. The molecule has 0 aliphatic carbocycles. The van der Waals surface area contributed by atoms with E-state index in [2.05, 4.69) is 26.0 Å². The van der Waals surface area contributed by atoms with Crippen LogP contribution in [0.25, 0.3) is 0 Å². The minimum atomic E-state index is -3.49. The van der Waals surface area contributed by atoms with Crippen LogP contribution in [0.4, 0.5) is 5.69 Å². The molecule has 0 fully saturated rings. The molecule has 6 heteroatoms. The lowest BCUT2D eigenvalue weighted by Gasteiger charge is -2.09. The van der Waals surface area contributed by atoms with Gasteiger partial charge in [-0.15, -0.1) is 0 Å². The van der Waals surface area contributed by atoms with Crippen molar-refractivity contribution < 1.29 is 8.42 Å². The van der Waals surface area contributed by atoms with E-state index >= 15 is 0 Å². The Morgan fingerprint density at radius 2 is 2.05 bits per heavy atom. The van der Waals surface area contributed by atoms with Crippen LogP contribution in [0.5, 0.6) is 0 Å². The molecule has 110 valence electrons. The monoisotopic (exact) mass is 366 g/mol. The van der Waals surface area contributed by atoms with Gasteiger partial charge in [0.15, 0.2) is 0 Å².